The lowest BCUT2D eigenvalue weighted by Gasteiger charge is -2.01. The Labute approximate surface area is 105 Å². The van der Waals surface area contributed by atoms with Gasteiger partial charge in [-0.3, -0.25) is 4.79 Å². The second kappa shape index (κ2) is 6.16. The zero-order valence-corrected chi connectivity index (χ0v) is 10.4. The third-order valence-corrected chi connectivity index (χ3v) is 2.53. The highest BCUT2D eigenvalue weighted by molar-refractivity contribution is 5.07. The van der Waals surface area contributed by atoms with Crippen LogP contribution in [0.1, 0.15) is 24.9 Å². The summed E-state index contributed by atoms with van der Waals surface area (Å²) in [5, 5.41) is 7.25. The van der Waals surface area contributed by atoms with Gasteiger partial charge in [-0.05, 0) is 31.2 Å². The molecule has 0 spiro atoms. The molecule has 2 aromatic heterocycles. The van der Waals surface area contributed by atoms with E-state index in [1.807, 2.05) is 12.1 Å². The van der Waals surface area contributed by atoms with E-state index in [4.69, 9.17) is 4.42 Å². The molecule has 0 aliphatic rings. The van der Waals surface area contributed by atoms with E-state index in [0.717, 1.165) is 24.5 Å². The van der Waals surface area contributed by atoms with Crippen LogP contribution in [0.5, 0.6) is 0 Å². The number of furan rings is 1. The number of rotatable bonds is 6. The van der Waals surface area contributed by atoms with Gasteiger partial charge in [0.15, 0.2) is 0 Å². The second-order valence-corrected chi connectivity index (χ2v) is 4.06. The molecule has 18 heavy (non-hydrogen) atoms. The highest BCUT2D eigenvalue weighted by Crippen LogP contribution is 2.08. The van der Waals surface area contributed by atoms with Crippen molar-refractivity contribution in [2.45, 2.75) is 26.4 Å². The summed E-state index contributed by atoms with van der Waals surface area (Å²) in [5.41, 5.74) is -0.125. The van der Waals surface area contributed by atoms with Gasteiger partial charge in [0.2, 0.25) is 0 Å². The fourth-order valence-corrected chi connectivity index (χ4v) is 1.64. The molecule has 0 saturated carbocycles. The maximum atomic E-state index is 11.5. The summed E-state index contributed by atoms with van der Waals surface area (Å²) in [6.45, 7) is 4.17. The van der Waals surface area contributed by atoms with Crippen LogP contribution in [-0.4, -0.2) is 16.3 Å². The SMILES string of the molecule is CCCNCc1ccc(Cn2ncccc2=O)o1. The summed E-state index contributed by atoms with van der Waals surface area (Å²) in [7, 11) is 0. The van der Waals surface area contributed by atoms with E-state index in [1.54, 1.807) is 12.3 Å². The molecule has 2 rings (SSSR count). The molecule has 5 heteroatoms. The van der Waals surface area contributed by atoms with Crippen molar-refractivity contribution in [3.63, 3.8) is 0 Å². The Bertz CT molecular complexity index is 545. The van der Waals surface area contributed by atoms with Crippen LogP contribution in [0, 0.1) is 0 Å². The predicted molar refractivity (Wildman–Crippen MR) is 68.3 cm³/mol. The summed E-state index contributed by atoms with van der Waals surface area (Å²) < 4.78 is 7.00. The maximum Gasteiger partial charge on any atom is 0.267 e. The van der Waals surface area contributed by atoms with E-state index in [9.17, 15) is 4.79 Å². The molecule has 0 amide bonds. The summed E-state index contributed by atoms with van der Waals surface area (Å²) in [6.07, 6.45) is 2.69. The quantitative estimate of drug-likeness (QED) is 0.783. The van der Waals surface area contributed by atoms with Gasteiger partial charge in [-0.2, -0.15) is 5.10 Å². The second-order valence-electron chi connectivity index (χ2n) is 4.06. The molecule has 96 valence electrons. The van der Waals surface area contributed by atoms with Crippen LogP contribution in [0.25, 0.3) is 0 Å². The largest absolute Gasteiger partial charge is 0.463 e. The van der Waals surface area contributed by atoms with Crippen LogP contribution in [-0.2, 0) is 13.1 Å². The van der Waals surface area contributed by atoms with Crippen molar-refractivity contribution in [2.75, 3.05) is 6.54 Å². The van der Waals surface area contributed by atoms with Crippen LogP contribution in [0.3, 0.4) is 0 Å². The Hall–Kier alpha value is -1.88. The summed E-state index contributed by atoms with van der Waals surface area (Å²) in [5.74, 6) is 1.62. The Balaban J connectivity index is 1.98. The van der Waals surface area contributed by atoms with E-state index in [2.05, 4.69) is 17.3 Å². The first-order valence-electron chi connectivity index (χ1n) is 6.10. The van der Waals surface area contributed by atoms with E-state index in [-0.39, 0.29) is 5.56 Å². The molecule has 0 fully saturated rings. The lowest BCUT2D eigenvalue weighted by atomic mass is 10.4. The topological polar surface area (TPSA) is 60.1 Å². The van der Waals surface area contributed by atoms with Gasteiger partial charge in [0, 0.05) is 12.3 Å². The van der Waals surface area contributed by atoms with Gasteiger partial charge in [0.25, 0.3) is 5.56 Å². The number of nitrogens with one attached hydrogen (secondary N) is 1. The van der Waals surface area contributed by atoms with Gasteiger partial charge < -0.3 is 9.73 Å². The van der Waals surface area contributed by atoms with Crippen molar-refractivity contribution in [3.05, 3.63) is 52.3 Å². The Morgan fingerprint density at radius 3 is 2.94 bits per heavy atom. The number of hydrogen-bond acceptors (Lipinski definition) is 4. The molecule has 0 aliphatic heterocycles. The summed E-state index contributed by atoms with van der Waals surface area (Å²) in [6, 6.07) is 6.91. The van der Waals surface area contributed by atoms with Crippen molar-refractivity contribution in [3.8, 4) is 0 Å². The molecule has 0 aromatic carbocycles. The number of aromatic nitrogens is 2. The van der Waals surface area contributed by atoms with Crippen LogP contribution < -0.4 is 10.9 Å². The van der Waals surface area contributed by atoms with Crippen molar-refractivity contribution in [1.29, 1.82) is 0 Å². The third kappa shape index (κ3) is 3.30. The monoisotopic (exact) mass is 247 g/mol. The first-order chi connectivity index (χ1) is 8.79. The molecule has 0 aliphatic carbocycles. The minimum Gasteiger partial charge on any atom is -0.463 e. The van der Waals surface area contributed by atoms with Crippen LogP contribution >= 0.6 is 0 Å². The van der Waals surface area contributed by atoms with Gasteiger partial charge >= 0.3 is 0 Å². The minimum absolute atomic E-state index is 0.125. The molecule has 5 nitrogen and oxygen atoms in total. The van der Waals surface area contributed by atoms with Crippen molar-refractivity contribution in [2.24, 2.45) is 0 Å². The van der Waals surface area contributed by atoms with Gasteiger partial charge in [-0.25, -0.2) is 4.68 Å². The minimum atomic E-state index is -0.125. The van der Waals surface area contributed by atoms with Crippen LogP contribution in [0.2, 0.25) is 0 Å². The first-order valence-corrected chi connectivity index (χ1v) is 6.10. The molecular formula is C13H17N3O2. The van der Waals surface area contributed by atoms with Gasteiger partial charge in [0.1, 0.15) is 18.1 Å². The lowest BCUT2D eigenvalue weighted by Crippen LogP contribution is -2.21. The molecular weight excluding hydrogens is 230 g/mol. The normalized spacial score (nSPS) is 10.7. The number of hydrogen-bond donors (Lipinski definition) is 1. The molecule has 0 radical (unpaired) electrons. The zero-order valence-electron chi connectivity index (χ0n) is 10.4. The molecule has 2 aromatic rings. The zero-order chi connectivity index (χ0) is 12.8. The third-order valence-electron chi connectivity index (χ3n) is 2.53. The maximum absolute atomic E-state index is 11.5. The fourth-order valence-electron chi connectivity index (χ4n) is 1.64. The van der Waals surface area contributed by atoms with Crippen molar-refractivity contribution < 1.29 is 4.42 Å². The molecule has 0 bridgehead atoms. The summed E-state index contributed by atoms with van der Waals surface area (Å²) in [4.78, 5) is 11.5. The first kappa shape index (κ1) is 12.6. The van der Waals surface area contributed by atoms with Gasteiger partial charge in [0.05, 0.1) is 6.54 Å². The molecule has 0 saturated heterocycles. The molecule has 0 atom stereocenters. The molecule has 1 N–H and O–H groups in total. The van der Waals surface area contributed by atoms with E-state index < -0.39 is 0 Å². The van der Waals surface area contributed by atoms with E-state index in [0.29, 0.717) is 13.1 Å². The average Bonchev–Trinajstić information content (AvgIpc) is 2.80. The molecule has 0 unspecified atom stereocenters. The van der Waals surface area contributed by atoms with Gasteiger partial charge in [-0.1, -0.05) is 6.92 Å². The predicted octanol–water partition coefficient (Wildman–Crippen LogP) is 1.38. The van der Waals surface area contributed by atoms with E-state index >= 15 is 0 Å². The fraction of sp³-hybridized carbons (Fsp3) is 0.385. The highest BCUT2D eigenvalue weighted by Gasteiger charge is 2.04. The standard InChI is InChI=1S/C13H17N3O2/c1-2-7-14-9-11-5-6-12(18-11)10-16-13(17)4-3-8-15-16/h3-6,8,14H,2,7,9-10H2,1H3. The lowest BCUT2D eigenvalue weighted by molar-refractivity contribution is 0.426. The van der Waals surface area contributed by atoms with Crippen molar-refractivity contribution in [1.82, 2.24) is 15.1 Å². The Morgan fingerprint density at radius 2 is 2.17 bits per heavy atom. The summed E-state index contributed by atoms with van der Waals surface area (Å²) >= 11 is 0. The van der Waals surface area contributed by atoms with Crippen molar-refractivity contribution >= 4 is 0 Å². The smallest absolute Gasteiger partial charge is 0.267 e. The van der Waals surface area contributed by atoms with Gasteiger partial charge in [-0.15, -0.1) is 0 Å². The number of nitrogens with zero attached hydrogens (tertiary/aromatic N) is 2. The van der Waals surface area contributed by atoms with E-state index in [1.165, 1.54) is 10.7 Å². The Kier molecular flexibility index (Phi) is 4.30. The molecule has 2 heterocycles. The van der Waals surface area contributed by atoms with Crippen LogP contribution in [0.4, 0.5) is 0 Å². The average molecular weight is 247 g/mol. The van der Waals surface area contributed by atoms with Crippen LogP contribution in [0.15, 0.2) is 39.7 Å². The Morgan fingerprint density at radius 1 is 1.33 bits per heavy atom. The highest BCUT2D eigenvalue weighted by atomic mass is 16.3.